The molecule has 0 radical (unpaired) electrons. The van der Waals surface area contributed by atoms with Crippen molar-refractivity contribution in [3.05, 3.63) is 51.8 Å². The number of carbonyl (C=O) groups is 2. The number of piperidine rings is 1. The third kappa shape index (κ3) is 5.92. The van der Waals surface area contributed by atoms with Crippen LogP contribution in [0.25, 0.3) is 10.9 Å². The molecule has 3 aromatic rings. The van der Waals surface area contributed by atoms with Crippen molar-refractivity contribution >= 4 is 57.4 Å². The quantitative estimate of drug-likeness (QED) is 0.271. The lowest BCUT2D eigenvalue weighted by Crippen LogP contribution is -2.44. The maximum atomic E-state index is 13.2. The van der Waals surface area contributed by atoms with Gasteiger partial charge in [-0.15, -0.1) is 11.8 Å². The zero-order valence-electron chi connectivity index (χ0n) is 18.9. The summed E-state index contributed by atoms with van der Waals surface area (Å²) in [6.07, 6.45) is 3.04. The van der Waals surface area contributed by atoms with E-state index in [0.717, 1.165) is 25.3 Å². The van der Waals surface area contributed by atoms with Crippen LogP contribution in [0.15, 0.2) is 46.1 Å². The summed E-state index contributed by atoms with van der Waals surface area (Å²) in [6.45, 7) is 2.23. The van der Waals surface area contributed by atoms with E-state index in [9.17, 15) is 14.7 Å². The molecule has 2 aromatic heterocycles. The number of benzene rings is 1. The van der Waals surface area contributed by atoms with E-state index in [0.29, 0.717) is 40.2 Å². The SMILES string of the molecule is COc1ccc2ncc(Cl)c(C(=O)CC[C@H]3CCN(CCSc4ccsc4)C[C@H]3C(=O)O)c2c1. The number of likely N-dealkylation sites (tertiary alicyclic amines) is 1. The average Bonchev–Trinajstić information content (AvgIpc) is 3.36. The summed E-state index contributed by atoms with van der Waals surface area (Å²) >= 11 is 9.85. The number of ether oxygens (including phenoxy) is 1. The fourth-order valence-electron chi connectivity index (χ4n) is 4.52. The number of thiophene rings is 1. The van der Waals surface area contributed by atoms with Gasteiger partial charge in [0.2, 0.25) is 0 Å². The molecule has 0 amide bonds. The molecule has 1 fully saturated rings. The Bertz CT molecular complexity index is 1160. The number of carboxylic acid groups (broad SMARTS) is 1. The van der Waals surface area contributed by atoms with Crippen LogP contribution in [0, 0.1) is 11.8 Å². The minimum atomic E-state index is -0.787. The number of rotatable bonds is 10. The Labute approximate surface area is 212 Å². The zero-order chi connectivity index (χ0) is 24.1. The van der Waals surface area contributed by atoms with Crippen LogP contribution in [0.3, 0.4) is 0 Å². The molecule has 0 spiro atoms. The van der Waals surface area contributed by atoms with E-state index in [2.05, 4.69) is 26.7 Å². The lowest BCUT2D eigenvalue weighted by molar-refractivity contribution is -0.146. The molecule has 1 aliphatic rings. The predicted octanol–water partition coefficient (Wildman–Crippen LogP) is 5.74. The largest absolute Gasteiger partial charge is 0.497 e. The van der Waals surface area contributed by atoms with Crippen LogP contribution < -0.4 is 4.74 Å². The molecular weight excluding hydrogens is 492 g/mol. The molecule has 9 heteroatoms. The van der Waals surface area contributed by atoms with Gasteiger partial charge in [-0.1, -0.05) is 11.6 Å². The summed E-state index contributed by atoms with van der Waals surface area (Å²) in [5, 5.41) is 15.0. The van der Waals surface area contributed by atoms with Gasteiger partial charge in [-0.2, -0.15) is 11.3 Å². The standard InChI is InChI=1S/C25H27ClN2O4S2/c1-32-17-3-4-22-19(12-17)24(21(26)13-27-22)23(29)5-2-16-6-8-28(14-20(16)25(30)31)9-11-34-18-7-10-33-15-18/h3-4,7,10,12-13,15-16,20H,2,5-6,8-9,11,14H2,1H3,(H,30,31)/t16-,20+/m0/s1. The molecule has 34 heavy (non-hydrogen) atoms. The first-order valence-corrected chi connectivity index (χ1v) is 13.5. The molecule has 0 unspecified atom stereocenters. The van der Waals surface area contributed by atoms with Gasteiger partial charge in [-0.3, -0.25) is 14.6 Å². The first kappa shape index (κ1) is 25.0. The third-order valence-corrected chi connectivity index (χ3v) is 8.47. The molecule has 180 valence electrons. The highest BCUT2D eigenvalue weighted by atomic mass is 35.5. The van der Waals surface area contributed by atoms with Gasteiger partial charge >= 0.3 is 5.97 Å². The second-order valence-electron chi connectivity index (χ2n) is 8.43. The molecule has 1 aliphatic heterocycles. The number of aromatic nitrogens is 1. The third-order valence-electron chi connectivity index (χ3n) is 6.38. The van der Waals surface area contributed by atoms with Gasteiger partial charge in [0.25, 0.3) is 0 Å². The number of methoxy groups -OCH3 is 1. The Kier molecular flexibility index (Phi) is 8.47. The molecule has 0 bridgehead atoms. The fraction of sp³-hybridized carbons (Fsp3) is 0.400. The first-order chi connectivity index (χ1) is 16.5. The second kappa shape index (κ2) is 11.5. The van der Waals surface area contributed by atoms with Crippen molar-refractivity contribution in [2.75, 3.05) is 32.5 Å². The Hall–Kier alpha value is -2.13. The van der Waals surface area contributed by atoms with E-state index in [-0.39, 0.29) is 18.1 Å². The number of ketones is 1. The zero-order valence-corrected chi connectivity index (χ0v) is 21.3. The number of thioether (sulfide) groups is 1. The molecule has 6 nitrogen and oxygen atoms in total. The van der Waals surface area contributed by atoms with Gasteiger partial charge in [0.05, 0.1) is 23.6 Å². The van der Waals surface area contributed by atoms with E-state index in [1.54, 1.807) is 48.4 Å². The van der Waals surface area contributed by atoms with Gasteiger partial charge in [0, 0.05) is 52.7 Å². The van der Waals surface area contributed by atoms with E-state index < -0.39 is 11.9 Å². The van der Waals surface area contributed by atoms with Crippen molar-refractivity contribution in [1.82, 2.24) is 9.88 Å². The lowest BCUT2D eigenvalue weighted by Gasteiger charge is -2.36. The number of pyridine rings is 1. The second-order valence-corrected chi connectivity index (χ2v) is 10.8. The number of aliphatic carboxylic acids is 1. The number of carboxylic acids is 1. The summed E-state index contributed by atoms with van der Waals surface area (Å²) in [5.74, 6) is 0.167. The molecule has 1 N–H and O–H groups in total. The highest BCUT2D eigenvalue weighted by Crippen LogP contribution is 2.32. The van der Waals surface area contributed by atoms with Crippen LogP contribution in [0.1, 0.15) is 29.6 Å². The predicted molar refractivity (Wildman–Crippen MR) is 138 cm³/mol. The van der Waals surface area contributed by atoms with E-state index in [1.165, 1.54) is 11.1 Å². The van der Waals surface area contributed by atoms with E-state index >= 15 is 0 Å². The number of fused-ring (bicyclic) bond motifs is 1. The van der Waals surface area contributed by atoms with Crippen molar-refractivity contribution in [2.24, 2.45) is 11.8 Å². The van der Waals surface area contributed by atoms with Gasteiger partial charge in [0.1, 0.15) is 5.75 Å². The number of nitrogens with zero attached hydrogens (tertiary/aromatic N) is 2. The van der Waals surface area contributed by atoms with Crippen LogP contribution in [-0.2, 0) is 4.79 Å². The molecule has 0 saturated carbocycles. The minimum absolute atomic E-state index is 0.0383. The van der Waals surface area contributed by atoms with Gasteiger partial charge < -0.3 is 14.7 Å². The van der Waals surface area contributed by atoms with Gasteiger partial charge in [0.15, 0.2) is 5.78 Å². The summed E-state index contributed by atoms with van der Waals surface area (Å²) in [4.78, 5) is 33.0. The van der Waals surface area contributed by atoms with Crippen molar-refractivity contribution in [1.29, 1.82) is 0 Å². The smallest absolute Gasteiger partial charge is 0.308 e. The molecule has 0 aliphatic carbocycles. The topological polar surface area (TPSA) is 79.7 Å². The van der Waals surface area contributed by atoms with Crippen LogP contribution in [0.4, 0.5) is 0 Å². The monoisotopic (exact) mass is 518 g/mol. The summed E-state index contributed by atoms with van der Waals surface area (Å²) < 4.78 is 5.30. The molecule has 2 atom stereocenters. The Morgan fingerprint density at radius 1 is 1.35 bits per heavy atom. The maximum absolute atomic E-state index is 13.2. The molecule has 1 aromatic carbocycles. The molecule has 4 rings (SSSR count). The van der Waals surface area contributed by atoms with Crippen LogP contribution in [-0.4, -0.2) is 59.2 Å². The van der Waals surface area contributed by atoms with Crippen molar-refractivity contribution < 1.29 is 19.4 Å². The number of halogens is 1. The summed E-state index contributed by atoms with van der Waals surface area (Å²) in [6, 6.07) is 7.47. The normalized spacial score (nSPS) is 18.8. The minimum Gasteiger partial charge on any atom is -0.497 e. The number of carbonyl (C=O) groups excluding carboxylic acids is 1. The highest BCUT2D eigenvalue weighted by Gasteiger charge is 2.34. The van der Waals surface area contributed by atoms with Crippen LogP contribution in [0.2, 0.25) is 5.02 Å². The van der Waals surface area contributed by atoms with Gasteiger partial charge in [-0.05, 0) is 54.9 Å². The molecular formula is C25H27ClN2O4S2. The number of Topliss-reactive ketones (excluding diaryl/α,β-unsaturated/α-hetero) is 1. The summed E-state index contributed by atoms with van der Waals surface area (Å²) in [5.41, 5.74) is 1.10. The van der Waals surface area contributed by atoms with Crippen LogP contribution >= 0.6 is 34.7 Å². The Morgan fingerprint density at radius 2 is 2.21 bits per heavy atom. The lowest BCUT2D eigenvalue weighted by atomic mass is 9.81. The highest BCUT2D eigenvalue weighted by molar-refractivity contribution is 7.99. The Morgan fingerprint density at radius 3 is 2.94 bits per heavy atom. The first-order valence-electron chi connectivity index (χ1n) is 11.2. The van der Waals surface area contributed by atoms with E-state index in [4.69, 9.17) is 16.3 Å². The number of hydrogen-bond donors (Lipinski definition) is 1. The van der Waals surface area contributed by atoms with Crippen molar-refractivity contribution in [3.8, 4) is 5.75 Å². The van der Waals surface area contributed by atoms with Crippen molar-refractivity contribution in [2.45, 2.75) is 24.2 Å². The Balaban J connectivity index is 1.38. The van der Waals surface area contributed by atoms with Crippen LogP contribution in [0.5, 0.6) is 5.75 Å². The fourth-order valence-corrected chi connectivity index (χ4v) is 6.57. The van der Waals surface area contributed by atoms with Gasteiger partial charge in [-0.25, -0.2) is 0 Å². The summed E-state index contributed by atoms with van der Waals surface area (Å²) in [7, 11) is 1.57. The number of hydrogen-bond acceptors (Lipinski definition) is 7. The molecule has 3 heterocycles. The van der Waals surface area contributed by atoms with E-state index in [1.807, 2.05) is 0 Å². The van der Waals surface area contributed by atoms with Crippen molar-refractivity contribution in [3.63, 3.8) is 0 Å². The maximum Gasteiger partial charge on any atom is 0.308 e. The molecule has 1 saturated heterocycles. The average molecular weight is 519 g/mol.